The Labute approximate surface area is 142 Å². The number of benzene rings is 1. The Hall–Kier alpha value is -1.99. The SMILES string of the molecule is Cc1ncc(S(C)(=O)=O)c(N2CC[C@@H](c3ccccc3)[C@H](O)C2)n1. The molecule has 128 valence electrons. The number of rotatable bonds is 3. The Bertz CT molecular complexity index is 824. The van der Waals surface area contributed by atoms with Crippen molar-refractivity contribution in [2.45, 2.75) is 30.3 Å². The van der Waals surface area contributed by atoms with Crippen molar-refractivity contribution >= 4 is 15.7 Å². The van der Waals surface area contributed by atoms with Gasteiger partial charge in [0.15, 0.2) is 15.7 Å². The standard InChI is InChI=1S/C17H21N3O3S/c1-12-18-10-16(24(2,22)23)17(19-12)20-9-8-14(15(21)11-20)13-6-4-3-5-7-13/h3-7,10,14-15,21H,8-9,11H2,1-2H3/t14-,15+/m0/s1. The summed E-state index contributed by atoms with van der Waals surface area (Å²) < 4.78 is 24.0. The minimum absolute atomic E-state index is 0.0482. The summed E-state index contributed by atoms with van der Waals surface area (Å²) in [5.41, 5.74) is 1.10. The van der Waals surface area contributed by atoms with Crippen LogP contribution in [0.15, 0.2) is 41.4 Å². The van der Waals surface area contributed by atoms with Crippen molar-refractivity contribution in [2.75, 3.05) is 24.2 Å². The number of sulfone groups is 1. The molecule has 1 aromatic heterocycles. The molecule has 1 aromatic carbocycles. The largest absolute Gasteiger partial charge is 0.391 e. The van der Waals surface area contributed by atoms with E-state index < -0.39 is 15.9 Å². The Morgan fingerprint density at radius 3 is 2.58 bits per heavy atom. The van der Waals surface area contributed by atoms with Crippen molar-refractivity contribution in [3.63, 3.8) is 0 Å². The molecule has 0 amide bonds. The number of aliphatic hydroxyl groups is 1. The number of anilines is 1. The highest BCUT2D eigenvalue weighted by molar-refractivity contribution is 7.90. The summed E-state index contributed by atoms with van der Waals surface area (Å²) in [5.74, 6) is 0.944. The minimum Gasteiger partial charge on any atom is -0.391 e. The molecule has 2 aromatic rings. The van der Waals surface area contributed by atoms with Crippen LogP contribution in [0.3, 0.4) is 0 Å². The second kappa shape index (κ2) is 6.49. The molecule has 2 atom stereocenters. The average Bonchev–Trinajstić information content (AvgIpc) is 2.54. The molecule has 1 fully saturated rings. The number of piperidine rings is 1. The van der Waals surface area contributed by atoms with Crippen LogP contribution in [0.25, 0.3) is 0 Å². The molecule has 3 rings (SSSR count). The van der Waals surface area contributed by atoms with Crippen LogP contribution < -0.4 is 4.90 Å². The number of hydrogen-bond acceptors (Lipinski definition) is 6. The smallest absolute Gasteiger partial charge is 0.180 e. The third kappa shape index (κ3) is 3.42. The Morgan fingerprint density at radius 2 is 1.96 bits per heavy atom. The van der Waals surface area contributed by atoms with E-state index in [9.17, 15) is 13.5 Å². The van der Waals surface area contributed by atoms with Gasteiger partial charge in [-0.05, 0) is 18.9 Å². The molecule has 0 radical (unpaired) electrons. The summed E-state index contributed by atoms with van der Waals surface area (Å²) >= 11 is 0. The molecule has 0 saturated carbocycles. The van der Waals surface area contributed by atoms with Crippen molar-refractivity contribution in [1.29, 1.82) is 0 Å². The van der Waals surface area contributed by atoms with Crippen molar-refractivity contribution < 1.29 is 13.5 Å². The van der Waals surface area contributed by atoms with E-state index in [0.29, 0.717) is 24.7 Å². The zero-order valence-corrected chi connectivity index (χ0v) is 14.6. The highest BCUT2D eigenvalue weighted by Gasteiger charge is 2.31. The molecule has 1 aliphatic rings. The molecule has 0 spiro atoms. The van der Waals surface area contributed by atoms with Crippen molar-refractivity contribution in [1.82, 2.24) is 9.97 Å². The Kier molecular flexibility index (Phi) is 4.56. The molecule has 1 aliphatic heterocycles. The summed E-state index contributed by atoms with van der Waals surface area (Å²) in [6.45, 7) is 2.71. The first-order chi connectivity index (χ1) is 11.4. The summed E-state index contributed by atoms with van der Waals surface area (Å²) in [7, 11) is -3.43. The van der Waals surface area contributed by atoms with Gasteiger partial charge < -0.3 is 10.0 Å². The number of aliphatic hydroxyl groups excluding tert-OH is 1. The average molecular weight is 347 g/mol. The fourth-order valence-electron chi connectivity index (χ4n) is 3.15. The molecule has 7 heteroatoms. The zero-order valence-electron chi connectivity index (χ0n) is 13.8. The molecular weight excluding hydrogens is 326 g/mol. The van der Waals surface area contributed by atoms with E-state index in [1.54, 1.807) is 6.92 Å². The van der Waals surface area contributed by atoms with E-state index in [1.807, 2.05) is 35.2 Å². The van der Waals surface area contributed by atoms with Crippen LogP contribution >= 0.6 is 0 Å². The van der Waals surface area contributed by atoms with E-state index in [4.69, 9.17) is 0 Å². The molecule has 2 heterocycles. The fourth-order valence-corrected chi connectivity index (χ4v) is 3.90. The number of aryl methyl sites for hydroxylation is 1. The van der Waals surface area contributed by atoms with Gasteiger partial charge in [0.25, 0.3) is 0 Å². The van der Waals surface area contributed by atoms with Gasteiger partial charge in [-0.25, -0.2) is 18.4 Å². The van der Waals surface area contributed by atoms with E-state index in [0.717, 1.165) is 18.2 Å². The van der Waals surface area contributed by atoms with E-state index in [2.05, 4.69) is 9.97 Å². The van der Waals surface area contributed by atoms with Gasteiger partial charge in [-0.15, -0.1) is 0 Å². The molecular formula is C17H21N3O3S. The number of aromatic nitrogens is 2. The maximum atomic E-state index is 12.0. The minimum atomic E-state index is -3.43. The van der Waals surface area contributed by atoms with Crippen LogP contribution in [0.1, 0.15) is 23.7 Å². The summed E-state index contributed by atoms with van der Waals surface area (Å²) in [6.07, 6.45) is 2.65. The lowest BCUT2D eigenvalue weighted by Gasteiger charge is -2.37. The first kappa shape index (κ1) is 16.9. The monoisotopic (exact) mass is 347 g/mol. The van der Waals surface area contributed by atoms with Crippen LogP contribution in [-0.2, 0) is 9.84 Å². The number of hydrogen-bond donors (Lipinski definition) is 1. The van der Waals surface area contributed by atoms with Crippen molar-refractivity contribution in [2.24, 2.45) is 0 Å². The van der Waals surface area contributed by atoms with Crippen LogP contribution in [0, 0.1) is 6.92 Å². The second-order valence-corrected chi connectivity index (χ2v) is 8.18. The van der Waals surface area contributed by atoms with Gasteiger partial charge in [-0.1, -0.05) is 30.3 Å². The topological polar surface area (TPSA) is 83.4 Å². The maximum Gasteiger partial charge on any atom is 0.180 e. The van der Waals surface area contributed by atoms with Gasteiger partial charge in [-0.2, -0.15) is 0 Å². The molecule has 0 bridgehead atoms. The maximum absolute atomic E-state index is 12.0. The second-order valence-electron chi connectivity index (χ2n) is 6.20. The first-order valence-electron chi connectivity index (χ1n) is 7.88. The third-order valence-electron chi connectivity index (χ3n) is 4.37. The molecule has 6 nitrogen and oxygen atoms in total. The molecule has 1 N–H and O–H groups in total. The van der Waals surface area contributed by atoms with Gasteiger partial charge in [0.05, 0.1) is 12.3 Å². The molecule has 24 heavy (non-hydrogen) atoms. The third-order valence-corrected chi connectivity index (χ3v) is 5.45. The van der Waals surface area contributed by atoms with Crippen molar-refractivity contribution in [3.8, 4) is 0 Å². The van der Waals surface area contributed by atoms with Gasteiger partial charge in [0, 0.05) is 25.3 Å². The summed E-state index contributed by atoms with van der Waals surface area (Å²) in [6, 6.07) is 9.90. The van der Waals surface area contributed by atoms with Gasteiger partial charge in [0.1, 0.15) is 10.7 Å². The predicted octanol–water partition coefficient (Wildman–Crippen LogP) is 1.54. The highest BCUT2D eigenvalue weighted by Crippen LogP contribution is 2.32. The van der Waals surface area contributed by atoms with Gasteiger partial charge in [-0.3, -0.25) is 0 Å². The lowest BCUT2D eigenvalue weighted by molar-refractivity contribution is 0.129. The lowest BCUT2D eigenvalue weighted by Crippen LogP contribution is -2.43. The van der Waals surface area contributed by atoms with Gasteiger partial charge >= 0.3 is 0 Å². The fraction of sp³-hybridized carbons (Fsp3) is 0.412. The normalized spacial score (nSPS) is 21.7. The number of nitrogens with zero attached hydrogens (tertiary/aromatic N) is 3. The Morgan fingerprint density at radius 1 is 1.25 bits per heavy atom. The quantitative estimate of drug-likeness (QED) is 0.907. The lowest BCUT2D eigenvalue weighted by atomic mass is 9.87. The van der Waals surface area contributed by atoms with E-state index in [1.165, 1.54) is 6.20 Å². The van der Waals surface area contributed by atoms with Crippen LogP contribution in [0.5, 0.6) is 0 Å². The first-order valence-corrected chi connectivity index (χ1v) is 9.77. The Balaban J connectivity index is 1.88. The molecule has 1 saturated heterocycles. The molecule has 0 aliphatic carbocycles. The summed E-state index contributed by atoms with van der Waals surface area (Å²) in [4.78, 5) is 10.3. The van der Waals surface area contributed by atoms with Crippen LogP contribution in [0.2, 0.25) is 0 Å². The van der Waals surface area contributed by atoms with E-state index in [-0.39, 0.29) is 10.8 Å². The van der Waals surface area contributed by atoms with Gasteiger partial charge in [0.2, 0.25) is 0 Å². The number of β-amino-alcohol motifs (C(OH)–C–C–N with tert-alkyl or cyclic N) is 1. The molecule has 0 unspecified atom stereocenters. The zero-order chi connectivity index (χ0) is 17.3. The van der Waals surface area contributed by atoms with Crippen LogP contribution in [-0.4, -0.2) is 48.9 Å². The highest BCUT2D eigenvalue weighted by atomic mass is 32.2. The van der Waals surface area contributed by atoms with E-state index >= 15 is 0 Å². The van der Waals surface area contributed by atoms with Crippen LogP contribution in [0.4, 0.5) is 5.82 Å². The predicted molar refractivity (Wildman–Crippen MR) is 91.9 cm³/mol. The summed E-state index contributed by atoms with van der Waals surface area (Å²) in [5, 5.41) is 10.6. The van der Waals surface area contributed by atoms with Crippen molar-refractivity contribution in [3.05, 3.63) is 47.9 Å².